The zero-order valence-corrected chi connectivity index (χ0v) is 15.4. The van der Waals surface area contributed by atoms with Crippen molar-refractivity contribution in [2.75, 3.05) is 17.4 Å². The molecule has 1 aliphatic heterocycles. The van der Waals surface area contributed by atoms with Crippen LogP contribution in [0.15, 0.2) is 72.8 Å². The van der Waals surface area contributed by atoms with E-state index >= 15 is 0 Å². The van der Waals surface area contributed by atoms with Crippen LogP contribution in [-0.4, -0.2) is 18.6 Å². The molecule has 0 fully saturated rings. The second kappa shape index (κ2) is 8.35. The summed E-state index contributed by atoms with van der Waals surface area (Å²) in [6, 6.07) is 21.5. The molecule has 29 heavy (non-hydrogen) atoms. The summed E-state index contributed by atoms with van der Waals surface area (Å²) in [6.07, 6.45) is 0. The van der Waals surface area contributed by atoms with Crippen LogP contribution in [0.25, 0.3) is 0 Å². The first kappa shape index (κ1) is 18.4. The van der Waals surface area contributed by atoms with Crippen LogP contribution in [0, 0.1) is 0 Å². The fourth-order valence-electron chi connectivity index (χ4n) is 2.73. The summed E-state index contributed by atoms with van der Waals surface area (Å²) in [5.41, 5.74) is 1.99. The van der Waals surface area contributed by atoms with Crippen LogP contribution in [0.5, 0.6) is 17.2 Å². The molecule has 7 nitrogen and oxygen atoms in total. The zero-order chi connectivity index (χ0) is 20.1. The van der Waals surface area contributed by atoms with Crippen LogP contribution in [0.1, 0.15) is 5.56 Å². The predicted molar refractivity (Wildman–Crippen MR) is 107 cm³/mol. The van der Waals surface area contributed by atoms with Gasteiger partial charge in [0, 0.05) is 17.4 Å². The number of carbonyl (C=O) groups is 2. The lowest BCUT2D eigenvalue weighted by atomic mass is 10.2. The van der Waals surface area contributed by atoms with Crippen molar-refractivity contribution in [2.45, 2.75) is 6.61 Å². The fraction of sp³-hybridized carbons (Fsp3) is 0.0909. The summed E-state index contributed by atoms with van der Waals surface area (Å²) in [7, 11) is 0. The first-order valence-electron chi connectivity index (χ1n) is 8.96. The molecule has 0 unspecified atom stereocenters. The molecule has 3 aromatic carbocycles. The molecule has 3 aromatic rings. The predicted octanol–water partition coefficient (Wildman–Crippen LogP) is 3.57. The number of hydrogen-bond acceptors (Lipinski definition) is 5. The average Bonchev–Trinajstić information content (AvgIpc) is 3.22. The van der Waals surface area contributed by atoms with Gasteiger partial charge < -0.3 is 24.8 Å². The summed E-state index contributed by atoms with van der Waals surface area (Å²) < 4.78 is 16.2. The molecule has 7 heteroatoms. The van der Waals surface area contributed by atoms with Crippen molar-refractivity contribution in [1.29, 1.82) is 0 Å². The highest BCUT2D eigenvalue weighted by Gasteiger charge is 2.17. The number of fused-ring (bicyclic) bond motifs is 1. The minimum absolute atomic E-state index is 0.137. The minimum atomic E-state index is -0.784. The van der Waals surface area contributed by atoms with Gasteiger partial charge in [-0.2, -0.15) is 0 Å². The van der Waals surface area contributed by atoms with Gasteiger partial charge in [0.1, 0.15) is 12.4 Å². The molecule has 0 aromatic heterocycles. The van der Waals surface area contributed by atoms with Gasteiger partial charge in [-0.25, -0.2) is 0 Å². The topological polar surface area (TPSA) is 85.9 Å². The molecule has 2 N–H and O–H groups in total. The molecule has 146 valence electrons. The van der Waals surface area contributed by atoms with Gasteiger partial charge >= 0.3 is 11.8 Å². The number of hydrogen-bond donors (Lipinski definition) is 2. The SMILES string of the molecule is O=C(Nc1ccc(OCc2ccccc2)cc1)C(=O)Nc1ccc2c(c1)OCO2. The minimum Gasteiger partial charge on any atom is -0.489 e. The third kappa shape index (κ3) is 4.65. The number of amides is 2. The molecule has 1 aliphatic rings. The molecular weight excluding hydrogens is 372 g/mol. The van der Waals surface area contributed by atoms with Gasteiger partial charge in [-0.3, -0.25) is 9.59 Å². The maximum Gasteiger partial charge on any atom is 0.314 e. The Kier molecular flexibility index (Phi) is 5.29. The van der Waals surface area contributed by atoms with Crippen LogP contribution in [0.4, 0.5) is 11.4 Å². The number of rotatable bonds is 5. The number of ether oxygens (including phenoxy) is 3. The van der Waals surface area contributed by atoms with Crippen LogP contribution >= 0.6 is 0 Å². The first-order chi connectivity index (χ1) is 14.2. The second-order valence-electron chi connectivity index (χ2n) is 6.27. The number of nitrogens with one attached hydrogen (secondary N) is 2. The zero-order valence-electron chi connectivity index (χ0n) is 15.4. The summed E-state index contributed by atoms with van der Waals surface area (Å²) >= 11 is 0. The Hall–Kier alpha value is -4.00. The fourth-order valence-corrected chi connectivity index (χ4v) is 2.73. The molecule has 1 heterocycles. The largest absolute Gasteiger partial charge is 0.489 e. The van der Waals surface area contributed by atoms with E-state index in [9.17, 15) is 9.59 Å². The lowest BCUT2D eigenvalue weighted by Crippen LogP contribution is -2.29. The van der Waals surface area contributed by atoms with Gasteiger partial charge in [-0.15, -0.1) is 0 Å². The highest BCUT2D eigenvalue weighted by atomic mass is 16.7. The van der Waals surface area contributed by atoms with Crippen molar-refractivity contribution in [3.63, 3.8) is 0 Å². The third-order valence-electron chi connectivity index (χ3n) is 4.20. The van der Waals surface area contributed by atoms with Crippen molar-refractivity contribution < 1.29 is 23.8 Å². The maximum atomic E-state index is 12.1. The van der Waals surface area contributed by atoms with Gasteiger partial charge in [0.05, 0.1) is 0 Å². The maximum absolute atomic E-state index is 12.1. The molecular formula is C22H18N2O5. The first-order valence-corrected chi connectivity index (χ1v) is 8.96. The van der Waals surface area contributed by atoms with Crippen LogP contribution in [-0.2, 0) is 16.2 Å². The van der Waals surface area contributed by atoms with E-state index in [1.165, 1.54) is 0 Å². The van der Waals surface area contributed by atoms with Gasteiger partial charge in [0.25, 0.3) is 0 Å². The summed E-state index contributed by atoms with van der Waals surface area (Å²) in [5.74, 6) is 0.224. The Morgan fingerprint density at radius 2 is 1.45 bits per heavy atom. The van der Waals surface area contributed by atoms with E-state index in [1.54, 1.807) is 42.5 Å². The Morgan fingerprint density at radius 1 is 0.793 bits per heavy atom. The summed E-state index contributed by atoms with van der Waals surface area (Å²) in [5, 5.41) is 5.08. The lowest BCUT2D eigenvalue weighted by Gasteiger charge is -2.09. The van der Waals surface area contributed by atoms with Crippen LogP contribution < -0.4 is 24.8 Å². The average molecular weight is 390 g/mol. The molecule has 0 saturated heterocycles. The Balaban J connectivity index is 1.30. The van der Waals surface area contributed by atoms with Crippen molar-refractivity contribution >= 4 is 23.2 Å². The van der Waals surface area contributed by atoms with Crippen molar-refractivity contribution in [1.82, 2.24) is 0 Å². The normalized spacial score (nSPS) is 11.6. The van der Waals surface area contributed by atoms with E-state index < -0.39 is 11.8 Å². The number of carbonyl (C=O) groups excluding carboxylic acids is 2. The molecule has 0 saturated carbocycles. The second-order valence-corrected chi connectivity index (χ2v) is 6.27. The van der Waals surface area contributed by atoms with E-state index in [0.29, 0.717) is 35.2 Å². The summed E-state index contributed by atoms with van der Waals surface area (Å²) in [6.45, 7) is 0.586. The van der Waals surface area contributed by atoms with Gasteiger partial charge in [0.15, 0.2) is 11.5 Å². The van der Waals surface area contributed by atoms with Crippen LogP contribution in [0.3, 0.4) is 0 Å². The Labute approximate surface area is 167 Å². The van der Waals surface area contributed by atoms with E-state index in [1.807, 2.05) is 30.3 Å². The van der Waals surface area contributed by atoms with Gasteiger partial charge in [-0.05, 0) is 42.0 Å². The van der Waals surface area contributed by atoms with Crippen molar-refractivity contribution in [2.24, 2.45) is 0 Å². The van der Waals surface area contributed by atoms with Crippen molar-refractivity contribution in [3.05, 3.63) is 78.4 Å². The standard InChI is InChI=1S/C22H18N2O5/c25-21(22(26)24-17-8-11-19-20(12-17)29-14-28-19)23-16-6-9-18(10-7-16)27-13-15-4-2-1-3-5-15/h1-12H,13-14H2,(H,23,25)(H,24,26). The van der Waals surface area contributed by atoms with E-state index in [2.05, 4.69) is 10.6 Å². The highest BCUT2D eigenvalue weighted by Crippen LogP contribution is 2.34. The van der Waals surface area contributed by atoms with Gasteiger partial charge in [-0.1, -0.05) is 30.3 Å². The molecule has 0 radical (unpaired) electrons. The Bertz CT molecular complexity index is 1020. The number of anilines is 2. The van der Waals surface area contributed by atoms with E-state index in [0.717, 1.165) is 5.56 Å². The van der Waals surface area contributed by atoms with E-state index in [-0.39, 0.29) is 6.79 Å². The molecule has 2 amide bonds. The highest BCUT2D eigenvalue weighted by molar-refractivity contribution is 6.43. The molecule has 0 atom stereocenters. The van der Waals surface area contributed by atoms with Crippen molar-refractivity contribution in [3.8, 4) is 17.2 Å². The molecule has 0 spiro atoms. The summed E-state index contributed by atoms with van der Waals surface area (Å²) in [4.78, 5) is 24.3. The lowest BCUT2D eigenvalue weighted by molar-refractivity contribution is -0.132. The van der Waals surface area contributed by atoms with E-state index in [4.69, 9.17) is 14.2 Å². The third-order valence-corrected chi connectivity index (χ3v) is 4.20. The molecule has 0 bridgehead atoms. The smallest absolute Gasteiger partial charge is 0.314 e. The number of benzene rings is 3. The van der Waals surface area contributed by atoms with Crippen LogP contribution in [0.2, 0.25) is 0 Å². The monoisotopic (exact) mass is 390 g/mol. The molecule has 0 aliphatic carbocycles. The Morgan fingerprint density at radius 3 is 2.21 bits per heavy atom. The van der Waals surface area contributed by atoms with Gasteiger partial charge in [0.2, 0.25) is 6.79 Å². The molecule has 4 rings (SSSR count). The quantitative estimate of drug-likeness (QED) is 0.651.